The molecule has 0 amide bonds. The molecule has 0 radical (unpaired) electrons. The summed E-state index contributed by atoms with van der Waals surface area (Å²) in [6.07, 6.45) is 2.46. The van der Waals surface area contributed by atoms with Crippen LogP contribution >= 0.6 is 0 Å². The van der Waals surface area contributed by atoms with Crippen molar-refractivity contribution in [1.82, 2.24) is 0 Å². The quantitative estimate of drug-likeness (QED) is 0.540. The molecular formula is C7H18OSi. The van der Waals surface area contributed by atoms with Crippen molar-refractivity contribution in [2.75, 3.05) is 6.61 Å². The summed E-state index contributed by atoms with van der Waals surface area (Å²) in [5.74, 6) is 0. The van der Waals surface area contributed by atoms with Gasteiger partial charge < -0.3 is 4.43 Å². The summed E-state index contributed by atoms with van der Waals surface area (Å²) < 4.78 is 5.23. The zero-order valence-corrected chi connectivity index (χ0v) is 9.03. The van der Waals surface area contributed by atoms with Gasteiger partial charge in [-0.1, -0.05) is 20.8 Å². The minimum absolute atomic E-state index is 0.446. The van der Waals surface area contributed by atoms with Crippen LogP contribution in [0.1, 0.15) is 33.6 Å². The van der Waals surface area contributed by atoms with Crippen LogP contribution in [-0.4, -0.2) is 17.1 Å². The van der Waals surface area contributed by atoms with E-state index in [2.05, 4.69) is 20.8 Å². The number of hydrogen-bond donors (Lipinski definition) is 0. The lowest BCUT2D eigenvalue weighted by atomic mass is 9.86. The Hall–Kier alpha value is 0.177. The van der Waals surface area contributed by atoms with Crippen LogP contribution in [0.5, 0.6) is 0 Å². The van der Waals surface area contributed by atoms with E-state index in [-0.39, 0.29) is 0 Å². The Morgan fingerprint density at radius 2 is 1.78 bits per heavy atom. The summed E-state index contributed by atoms with van der Waals surface area (Å²) >= 11 is 0. The summed E-state index contributed by atoms with van der Waals surface area (Å²) in [6, 6.07) is 0. The van der Waals surface area contributed by atoms with Crippen LogP contribution in [0.15, 0.2) is 0 Å². The van der Waals surface area contributed by atoms with Crippen molar-refractivity contribution in [2.45, 2.75) is 33.6 Å². The minimum atomic E-state index is 0.446. The molecule has 0 rings (SSSR count). The molecule has 0 aromatic carbocycles. The van der Waals surface area contributed by atoms with Gasteiger partial charge in [0.1, 0.15) is 10.5 Å². The fourth-order valence-electron chi connectivity index (χ4n) is 0.803. The molecule has 0 heterocycles. The summed E-state index contributed by atoms with van der Waals surface area (Å²) in [7, 11) is 0.879. The highest BCUT2D eigenvalue weighted by Crippen LogP contribution is 2.24. The third-order valence-corrected chi connectivity index (χ3v) is 2.49. The van der Waals surface area contributed by atoms with Crippen LogP contribution in [0.3, 0.4) is 0 Å². The van der Waals surface area contributed by atoms with Gasteiger partial charge in [0.15, 0.2) is 0 Å². The molecular weight excluding hydrogens is 128 g/mol. The van der Waals surface area contributed by atoms with Crippen LogP contribution in [0.25, 0.3) is 0 Å². The zero-order valence-electron chi connectivity index (χ0n) is 7.03. The second kappa shape index (κ2) is 4.07. The Bertz CT molecular complexity index is 69.3. The van der Waals surface area contributed by atoms with E-state index in [1.54, 1.807) is 0 Å². The van der Waals surface area contributed by atoms with Gasteiger partial charge in [0, 0.05) is 6.61 Å². The molecule has 0 saturated heterocycles. The molecule has 0 spiro atoms. The van der Waals surface area contributed by atoms with Gasteiger partial charge in [0.25, 0.3) is 0 Å². The van der Waals surface area contributed by atoms with Crippen molar-refractivity contribution in [2.24, 2.45) is 5.41 Å². The summed E-state index contributed by atoms with van der Waals surface area (Å²) in [6.45, 7) is 7.69. The van der Waals surface area contributed by atoms with Crippen molar-refractivity contribution in [3.63, 3.8) is 0 Å². The normalized spacial score (nSPS) is 12.3. The van der Waals surface area contributed by atoms with E-state index in [0.29, 0.717) is 5.41 Å². The largest absolute Gasteiger partial charge is 0.427 e. The summed E-state index contributed by atoms with van der Waals surface area (Å²) in [5, 5.41) is 0. The monoisotopic (exact) mass is 146 g/mol. The van der Waals surface area contributed by atoms with Crippen LogP contribution < -0.4 is 0 Å². The molecule has 0 aromatic heterocycles. The van der Waals surface area contributed by atoms with Gasteiger partial charge in [-0.15, -0.1) is 0 Å². The van der Waals surface area contributed by atoms with Crippen LogP contribution in [0.4, 0.5) is 0 Å². The van der Waals surface area contributed by atoms with E-state index in [4.69, 9.17) is 4.43 Å². The second-order valence-corrected chi connectivity index (χ2v) is 3.53. The maximum atomic E-state index is 5.23. The van der Waals surface area contributed by atoms with Gasteiger partial charge in [-0.3, -0.25) is 0 Å². The van der Waals surface area contributed by atoms with Crippen LogP contribution in [0.2, 0.25) is 0 Å². The maximum absolute atomic E-state index is 5.23. The molecule has 0 unspecified atom stereocenters. The molecule has 1 nitrogen and oxygen atoms in total. The van der Waals surface area contributed by atoms with Crippen LogP contribution in [-0.2, 0) is 4.43 Å². The smallest absolute Gasteiger partial charge is 0.145 e. The molecule has 0 bridgehead atoms. The molecule has 9 heavy (non-hydrogen) atoms. The third-order valence-electron chi connectivity index (χ3n) is 2.20. The predicted molar refractivity (Wildman–Crippen MR) is 44.6 cm³/mol. The first-order valence-corrected chi connectivity index (χ1v) is 4.49. The third kappa shape index (κ3) is 3.01. The molecule has 0 aliphatic carbocycles. The fraction of sp³-hybridized carbons (Fsp3) is 1.00. The molecule has 0 aliphatic heterocycles. The van der Waals surface area contributed by atoms with Gasteiger partial charge in [-0.25, -0.2) is 0 Å². The van der Waals surface area contributed by atoms with E-state index in [1.807, 2.05) is 0 Å². The van der Waals surface area contributed by atoms with Crippen molar-refractivity contribution in [1.29, 1.82) is 0 Å². The average molecular weight is 146 g/mol. The molecule has 0 aromatic rings. The summed E-state index contributed by atoms with van der Waals surface area (Å²) in [5.41, 5.74) is 0.446. The molecule has 0 N–H and O–H groups in total. The first-order valence-electron chi connectivity index (χ1n) is 3.67. The zero-order chi connectivity index (χ0) is 7.33. The fourth-order valence-corrected chi connectivity index (χ4v) is 1.50. The highest BCUT2D eigenvalue weighted by atomic mass is 28.2. The Kier molecular flexibility index (Phi) is 4.15. The van der Waals surface area contributed by atoms with E-state index in [9.17, 15) is 0 Å². The standard InChI is InChI=1S/C7H18OSi/c1-4-7(3,5-2)6-8-9/h4-6H2,1-3,9H3. The lowest BCUT2D eigenvalue weighted by molar-refractivity contribution is 0.162. The highest BCUT2D eigenvalue weighted by molar-refractivity contribution is 5.97. The maximum Gasteiger partial charge on any atom is 0.145 e. The van der Waals surface area contributed by atoms with Crippen molar-refractivity contribution < 1.29 is 4.43 Å². The van der Waals surface area contributed by atoms with Crippen molar-refractivity contribution in [3.8, 4) is 0 Å². The van der Waals surface area contributed by atoms with Crippen molar-refractivity contribution >= 4 is 10.5 Å². The Balaban J connectivity index is 3.62. The molecule has 0 saturated carbocycles. The Morgan fingerprint density at radius 1 is 1.33 bits per heavy atom. The molecule has 0 fully saturated rings. The number of rotatable bonds is 4. The minimum Gasteiger partial charge on any atom is -0.427 e. The Labute approximate surface area is 61.3 Å². The average Bonchev–Trinajstić information content (AvgIpc) is 1.89. The van der Waals surface area contributed by atoms with Crippen molar-refractivity contribution in [3.05, 3.63) is 0 Å². The molecule has 0 aliphatic rings. The first-order chi connectivity index (χ1) is 4.18. The summed E-state index contributed by atoms with van der Waals surface area (Å²) in [4.78, 5) is 0. The molecule has 0 atom stereocenters. The van der Waals surface area contributed by atoms with Gasteiger partial charge in [0.2, 0.25) is 0 Å². The van der Waals surface area contributed by atoms with E-state index >= 15 is 0 Å². The second-order valence-electron chi connectivity index (χ2n) is 2.95. The van der Waals surface area contributed by atoms with E-state index in [1.165, 1.54) is 12.8 Å². The molecule has 56 valence electrons. The van der Waals surface area contributed by atoms with Gasteiger partial charge in [-0.05, 0) is 18.3 Å². The first kappa shape index (κ1) is 9.18. The predicted octanol–water partition coefficient (Wildman–Crippen LogP) is 1.11. The highest BCUT2D eigenvalue weighted by Gasteiger charge is 2.17. The molecule has 2 heteroatoms. The number of hydrogen-bond acceptors (Lipinski definition) is 1. The topological polar surface area (TPSA) is 9.23 Å². The lowest BCUT2D eigenvalue weighted by Crippen LogP contribution is -2.20. The Morgan fingerprint density at radius 3 is 1.89 bits per heavy atom. The van der Waals surface area contributed by atoms with Crippen LogP contribution in [0, 0.1) is 5.41 Å². The SMILES string of the molecule is CCC(C)(CC)CO[SiH3]. The van der Waals surface area contributed by atoms with Gasteiger partial charge >= 0.3 is 0 Å². The van der Waals surface area contributed by atoms with E-state index < -0.39 is 0 Å². The van der Waals surface area contributed by atoms with Gasteiger partial charge in [-0.2, -0.15) is 0 Å². The van der Waals surface area contributed by atoms with Gasteiger partial charge in [0.05, 0.1) is 0 Å². The lowest BCUT2D eigenvalue weighted by Gasteiger charge is -2.25. The van der Waals surface area contributed by atoms with E-state index in [0.717, 1.165) is 17.1 Å².